The minimum atomic E-state index is -0.864. The molecule has 2 atom stereocenters. The predicted octanol–water partition coefficient (Wildman–Crippen LogP) is 1.20. The highest BCUT2D eigenvalue weighted by Gasteiger charge is 2.42. The number of likely N-dealkylation sites (tertiary alicyclic amines) is 1. The van der Waals surface area contributed by atoms with Gasteiger partial charge in [-0.1, -0.05) is 6.07 Å². The number of carbonyl (C=O) groups excluding carboxylic acids is 2. The van der Waals surface area contributed by atoms with E-state index in [1.165, 1.54) is 23.1 Å². The maximum absolute atomic E-state index is 12.3. The predicted molar refractivity (Wildman–Crippen MR) is 85.9 cm³/mol. The Morgan fingerprint density at radius 3 is 2.95 bits per heavy atom. The Kier molecular flexibility index (Phi) is 5.84. The van der Waals surface area contributed by atoms with Crippen LogP contribution in [0, 0.1) is 5.92 Å². The summed E-state index contributed by atoms with van der Waals surface area (Å²) in [5, 5.41) is 13.3. The van der Waals surface area contributed by atoms with Gasteiger partial charge in [-0.15, -0.1) is 23.1 Å². The van der Waals surface area contributed by atoms with Crippen LogP contribution in [0.2, 0.25) is 0 Å². The van der Waals surface area contributed by atoms with Gasteiger partial charge in [0.1, 0.15) is 0 Å². The minimum absolute atomic E-state index is 0.0261. The van der Waals surface area contributed by atoms with E-state index < -0.39 is 5.97 Å². The molecule has 1 aromatic heterocycles. The zero-order valence-corrected chi connectivity index (χ0v) is 13.8. The summed E-state index contributed by atoms with van der Waals surface area (Å²) >= 11 is 2.80. The molecule has 0 spiro atoms. The van der Waals surface area contributed by atoms with Crippen LogP contribution < -0.4 is 5.32 Å². The van der Waals surface area contributed by atoms with Crippen molar-refractivity contribution < 1.29 is 19.5 Å². The van der Waals surface area contributed by atoms with E-state index in [0.29, 0.717) is 12.3 Å². The molecule has 0 aromatic carbocycles. The molecule has 2 rings (SSSR count). The summed E-state index contributed by atoms with van der Waals surface area (Å²) in [5.74, 6) is -0.861. The van der Waals surface area contributed by atoms with E-state index in [0.717, 1.165) is 4.88 Å². The lowest BCUT2D eigenvalue weighted by Gasteiger charge is -2.23. The first-order valence-electron chi connectivity index (χ1n) is 6.87. The fraction of sp³-hybridized carbons (Fsp3) is 0.500. The van der Waals surface area contributed by atoms with Crippen LogP contribution in [0.25, 0.3) is 0 Å². The Balaban J connectivity index is 1.90. The van der Waals surface area contributed by atoms with Crippen molar-refractivity contribution in [2.24, 2.45) is 5.92 Å². The van der Waals surface area contributed by atoms with Crippen molar-refractivity contribution in [2.75, 3.05) is 25.1 Å². The smallest absolute Gasteiger partial charge is 0.313 e. The molecule has 2 amide bonds. The molecule has 1 fully saturated rings. The van der Waals surface area contributed by atoms with Gasteiger partial charge in [0.25, 0.3) is 0 Å². The summed E-state index contributed by atoms with van der Waals surface area (Å²) in [6.45, 7) is 0.405. The molecule has 1 aliphatic rings. The Hall–Kier alpha value is -1.54. The number of carbonyl (C=O) groups is 3. The SMILES string of the molecule is CN1C(=O)C[C@H](C(=O)NCCSCC(=O)O)[C@@H]1c1cccs1. The first-order chi connectivity index (χ1) is 10.5. The number of amides is 2. The summed E-state index contributed by atoms with van der Waals surface area (Å²) < 4.78 is 0. The average Bonchev–Trinajstić information content (AvgIpc) is 3.07. The quantitative estimate of drug-likeness (QED) is 0.727. The van der Waals surface area contributed by atoms with Crippen molar-refractivity contribution in [3.63, 3.8) is 0 Å². The number of carboxylic acid groups (broad SMARTS) is 1. The summed E-state index contributed by atoms with van der Waals surface area (Å²) in [4.78, 5) is 37.3. The van der Waals surface area contributed by atoms with Crippen LogP contribution in [0.15, 0.2) is 17.5 Å². The standard InChI is InChI=1S/C14H18N2O4S2/c1-16-11(17)7-9(13(16)10-3-2-5-22-10)14(20)15-4-6-21-8-12(18)19/h2-3,5,9,13H,4,6-8H2,1H3,(H,15,20)(H,18,19)/t9-,13+/m0/s1. The number of aliphatic carboxylic acids is 1. The number of thiophene rings is 1. The molecule has 120 valence electrons. The van der Waals surface area contributed by atoms with Gasteiger partial charge in [-0.05, 0) is 11.4 Å². The van der Waals surface area contributed by atoms with Crippen LogP contribution in [0.3, 0.4) is 0 Å². The van der Waals surface area contributed by atoms with Crippen LogP contribution in [-0.2, 0) is 14.4 Å². The van der Waals surface area contributed by atoms with E-state index in [-0.39, 0.29) is 35.9 Å². The van der Waals surface area contributed by atoms with Crippen molar-refractivity contribution >= 4 is 40.9 Å². The third-order valence-electron chi connectivity index (χ3n) is 3.53. The van der Waals surface area contributed by atoms with Gasteiger partial charge in [-0.2, -0.15) is 0 Å². The second-order valence-electron chi connectivity index (χ2n) is 5.01. The molecular weight excluding hydrogens is 324 g/mol. The molecule has 2 heterocycles. The summed E-state index contributed by atoms with van der Waals surface area (Å²) in [5.41, 5.74) is 0. The van der Waals surface area contributed by atoms with Gasteiger partial charge >= 0.3 is 5.97 Å². The zero-order chi connectivity index (χ0) is 16.1. The van der Waals surface area contributed by atoms with Crippen LogP contribution in [0.1, 0.15) is 17.3 Å². The van der Waals surface area contributed by atoms with Gasteiger partial charge in [0.2, 0.25) is 11.8 Å². The summed E-state index contributed by atoms with van der Waals surface area (Å²) in [6.07, 6.45) is 0.215. The van der Waals surface area contributed by atoms with Gasteiger partial charge in [0.05, 0.1) is 17.7 Å². The lowest BCUT2D eigenvalue weighted by Crippen LogP contribution is -2.35. The third kappa shape index (κ3) is 4.01. The lowest BCUT2D eigenvalue weighted by atomic mass is 9.98. The van der Waals surface area contributed by atoms with Crippen LogP contribution in [-0.4, -0.2) is 52.9 Å². The maximum Gasteiger partial charge on any atom is 0.313 e. The molecule has 0 bridgehead atoms. The molecule has 0 aliphatic carbocycles. The highest BCUT2D eigenvalue weighted by Crippen LogP contribution is 2.38. The van der Waals surface area contributed by atoms with Crippen LogP contribution >= 0.6 is 23.1 Å². The number of hydrogen-bond acceptors (Lipinski definition) is 5. The van der Waals surface area contributed by atoms with E-state index in [1.807, 2.05) is 17.5 Å². The molecule has 1 saturated heterocycles. The highest BCUT2D eigenvalue weighted by molar-refractivity contribution is 7.99. The van der Waals surface area contributed by atoms with E-state index in [9.17, 15) is 14.4 Å². The largest absolute Gasteiger partial charge is 0.481 e. The molecule has 8 heteroatoms. The molecule has 0 saturated carbocycles. The lowest BCUT2D eigenvalue weighted by molar-refractivity contribution is -0.134. The number of thioether (sulfide) groups is 1. The van der Waals surface area contributed by atoms with Gasteiger partial charge in [-0.25, -0.2) is 0 Å². The summed E-state index contributed by atoms with van der Waals surface area (Å²) in [7, 11) is 1.72. The van der Waals surface area contributed by atoms with Crippen molar-refractivity contribution in [1.29, 1.82) is 0 Å². The number of hydrogen-bond donors (Lipinski definition) is 2. The van der Waals surface area contributed by atoms with Crippen molar-refractivity contribution in [3.8, 4) is 0 Å². The topological polar surface area (TPSA) is 86.7 Å². The van der Waals surface area contributed by atoms with Crippen molar-refractivity contribution in [2.45, 2.75) is 12.5 Å². The Morgan fingerprint density at radius 2 is 2.32 bits per heavy atom. The first-order valence-corrected chi connectivity index (χ1v) is 8.90. The first kappa shape index (κ1) is 16.8. The second-order valence-corrected chi connectivity index (χ2v) is 7.10. The molecule has 1 aliphatic heterocycles. The molecule has 1 aromatic rings. The monoisotopic (exact) mass is 342 g/mol. The van der Waals surface area contributed by atoms with E-state index in [2.05, 4.69) is 5.32 Å². The van der Waals surface area contributed by atoms with Gasteiger partial charge in [0.15, 0.2) is 0 Å². The summed E-state index contributed by atoms with van der Waals surface area (Å²) in [6, 6.07) is 3.64. The fourth-order valence-electron chi connectivity index (χ4n) is 2.49. The highest BCUT2D eigenvalue weighted by atomic mass is 32.2. The van der Waals surface area contributed by atoms with Gasteiger partial charge in [-0.3, -0.25) is 14.4 Å². The zero-order valence-electron chi connectivity index (χ0n) is 12.2. The maximum atomic E-state index is 12.3. The molecule has 0 radical (unpaired) electrons. The average molecular weight is 342 g/mol. The van der Waals surface area contributed by atoms with Gasteiger partial charge in [0, 0.05) is 30.6 Å². The van der Waals surface area contributed by atoms with E-state index >= 15 is 0 Å². The third-order valence-corrected chi connectivity index (χ3v) is 5.42. The number of rotatable bonds is 7. The molecule has 2 N–H and O–H groups in total. The Bertz CT molecular complexity index is 547. The van der Waals surface area contributed by atoms with Crippen LogP contribution in [0.4, 0.5) is 0 Å². The van der Waals surface area contributed by atoms with E-state index in [4.69, 9.17) is 5.11 Å². The van der Waals surface area contributed by atoms with E-state index in [1.54, 1.807) is 11.9 Å². The number of nitrogens with zero attached hydrogens (tertiary/aromatic N) is 1. The number of nitrogens with one attached hydrogen (secondary N) is 1. The second kappa shape index (κ2) is 7.64. The molecular formula is C14H18N2O4S2. The molecule has 6 nitrogen and oxygen atoms in total. The Morgan fingerprint density at radius 1 is 1.55 bits per heavy atom. The Labute approximate surface area is 136 Å². The van der Waals surface area contributed by atoms with Crippen molar-refractivity contribution in [3.05, 3.63) is 22.4 Å². The molecule has 0 unspecified atom stereocenters. The van der Waals surface area contributed by atoms with Crippen molar-refractivity contribution in [1.82, 2.24) is 10.2 Å². The molecule has 22 heavy (non-hydrogen) atoms. The fourth-order valence-corrected chi connectivity index (χ4v) is 3.99. The minimum Gasteiger partial charge on any atom is -0.481 e. The van der Waals surface area contributed by atoms with Crippen LogP contribution in [0.5, 0.6) is 0 Å². The van der Waals surface area contributed by atoms with Gasteiger partial charge < -0.3 is 15.3 Å². The normalized spacial score (nSPS) is 21.1. The number of carboxylic acids is 1.